The Balaban J connectivity index is 2.28. The third kappa shape index (κ3) is 3.16. The number of benzene rings is 1. The summed E-state index contributed by atoms with van der Waals surface area (Å²) in [6.45, 7) is 2.10. The molecule has 2 nitrogen and oxygen atoms in total. The summed E-state index contributed by atoms with van der Waals surface area (Å²) in [5, 5.41) is 3.16. The van der Waals surface area contributed by atoms with Crippen LogP contribution in [0.2, 0.25) is 0 Å². The first-order valence-corrected chi connectivity index (χ1v) is 3.82. The number of hydrogen-bond acceptors (Lipinski definition) is 1. The van der Waals surface area contributed by atoms with Crippen molar-refractivity contribution in [3.63, 3.8) is 0 Å². The van der Waals surface area contributed by atoms with Crippen LogP contribution in [-0.2, 0) is 6.54 Å². The van der Waals surface area contributed by atoms with Gasteiger partial charge in [0.1, 0.15) is 0 Å². The summed E-state index contributed by atoms with van der Waals surface area (Å²) < 4.78 is 0. The van der Waals surface area contributed by atoms with Gasteiger partial charge in [-0.1, -0.05) is 30.3 Å². The molecular weight excluding hydrogens is 136 g/mol. The van der Waals surface area contributed by atoms with Crippen LogP contribution in [0, 0.1) is 0 Å². The van der Waals surface area contributed by atoms with Gasteiger partial charge in [0.05, 0.1) is 0 Å². The highest BCUT2D eigenvalue weighted by molar-refractivity contribution is 5.14. The van der Waals surface area contributed by atoms with Crippen LogP contribution in [0.3, 0.4) is 0 Å². The molecule has 1 radical (unpaired) electrons. The van der Waals surface area contributed by atoms with Gasteiger partial charge in [-0.2, -0.15) is 0 Å². The highest BCUT2D eigenvalue weighted by Gasteiger charge is 1.87. The van der Waals surface area contributed by atoms with Crippen LogP contribution in [0.4, 0.5) is 0 Å². The molecule has 1 aromatic rings. The molecule has 0 aromatic heterocycles. The van der Waals surface area contributed by atoms with Crippen LogP contribution in [0.1, 0.15) is 5.56 Å². The minimum absolute atomic E-state index is 0.451. The van der Waals surface area contributed by atoms with Gasteiger partial charge in [-0.05, 0) is 5.56 Å². The topological polar surface area (TPSA) is 35.8 Å². The zero-order chi connectivity index (χ0) is 7.94. The molecule has 0 amide bonds. The van der Waals surface area contributed by atoms with Gasteiger partial charge in [0.15, 0.2) is 0 Å². The van der Waals surface area contributed by atoms with Crippen LogP contribution in [-0.4, -0.2) is 13.1 Å². The SMILES string of the molecule is [NH]CCNCc1ccccc1. The van der Waals surface area contributed by atoms with Crippen molar-refractivity contribution in [1.29, 1.82) is 0 Å². The van der Waals surface area contributed by atoms with E-state index in [4.69, 9.17) is 5.73 Å². The zero-order valence-electron chi connectivity index (χ0n) is 6.51. The van der Waals surface area contributed by atoms with Gasteiger partial charge in [-0.3, -0.25) is 5.73 Å². The van der Waals surface area contributed by atoms with E-state index in [-0.39, 0.29) is 0 Å². The van der Waals surface area contributed by atoms with E-state index >= 15 is 0 Å². The lowest BCUT2D eigenvalue weighted by atomic mass is 10.2. The smallest absolute Gasteiger partial charge is 0.0225 e. The second-order valence-electron chi connectivity index (χ2n) is 2.41. The van der Waals surface area contributed by atoms with Crippen molar-refractivity contribution >= 4 is 0 Å². The molecule has 0 fully saturated rings. The fourth-order valence-electron chi connectivity index (χ4n) is 0.917. The fourth-order valence-corrected chi connectivity index (χ4v) is 0.917. The maximum Gasteiger partial charge on any atom is 0.0225 e. The Bertz CT molecular complexity index is 184. The summed E-state index contributed by atoms with van der Waals surface area (Å²) in [4.78, 5) is 0. The first-order valence-electron chi connectivity index (χ1n) is 3.82. The molecular formula is C9H13N2. The first kappa shape index (κ1) is 8.24. The maximum absolute atomic E-state index is 6.91. The van der Waals surface area contributed by atoms with Gasteiger partial charge in [-0.25, -0.2) is 0 Å². The summed E-state index contributed by atoms with van der Waals surface area (Å²) in [5.41, 5.74) is 8.18. The number of nitrogens with one attached hydrogen (secondary N) is 2. The van der Waals surface area contributed by atoms with E-state index in [9.17, 15) is 0 Å². The van der Waals surface area contributed by atoms with E-state index in [0.29, 0.717) is 6.54 Å². The average Bonchev–Trinajstić information content (AvgIpc) is 2.07. The largest absolute Gasteiger partial charge is 0.311 e. The van der Waals surface area contributed by atoms with E-state index < -0.39 is 0 Å². The molecule has 1 aromatic carbocycles. The van der Waals surface area contributed by atoms with Crippen molar-refractivity contribution in [2.24, 2.45) is 0 Å². The lowest BCUT2D eigenvalue weighted by molar-refractivity contribution is 0.689. The molecule has 0 saturated heterocycles. The summed E-state index contributed by atoms with van der Waals surface area (Å²) in [6, 6.07) is 10.2. The molecule has 0 saturated carbocycles. The van der Waals surface area contributed by atoms with Crippen LogP contribution in [0.5, 0.6) is 0 Å². The number of hydrogen-bond donors (Lipinski definition) is 1. The van der Waals surface area contributed by atoms with E-state index in [0.717, 1.165) is 13.1 Å². The van der Waals surface area contributed by atoms with Crippen LogP contribution in [0.15, 0.2) is 30.3 Å². The molecule has 59 valence electrons. The Morgan fingerprint density at radius 3 is 2.55 bits per heavy atom. The number of rotatable bonds is 4. The minimum atomic E-state index is 0.451. The third-order valence-corrected chi connectivity index (χ3v) is 1.47. The van der Waals surface area contributed by atoms with Crippen molar-refractivity contribution in [3.05, 3.63) is 35.9 Å². The van der Waals surface area contributed by atoms with E-state index in [2.05, 4.69) is 17.4 Å². The summed E-state index contributed by atoms with van der Waals surface area (Å²) >= 11 is 0. The van der Waals surface area contributed by atoms with E-state index in [1.807, 2.05) is 18.2 Å². The molecule has 0 aliphatic carbocycles. The van der Waals surface area contributed by atoms with E-state index in [1.54, 1.807) is 0 Å². The van der Waals surface area contributed by atoms with Crippen molar-refractivity contribution in [3.8, 4) is 0 Å². The highest BCUT2D eigenvalue weighted by atomic mass is 14.9. The Morgan fingerprint density at radius 2 is 1.91 bits per heavy atom. The highest BCUT2D eigenvalue weighted by Crippen LogP contribution is 1.96. The first-order chi connectivity index (χ1) is 5.43. The molecule has 1 rings (SSSR count). The van der Waals surface area contributed by atoms with Crippen molar-refractivity contribution in [2.75, 3.05) is 13.1 Å². The Labute approximate surface area is 67.4 Å². The van der Waals surface area contributed by atoms with Gasteiger partial charge in [0.2, 0.25) is 0 Å². The van der Waals surface area contributed by atoms with Gasteiger partial charge in [0, 0.05) is 19.6 Å². The standard InChI is InChI=1S/C9H13N2/c10-6-7-11-8-9-4-2-1-3-5-9/h1-5,10-11H,6-8H2. The molecule has 0 atom stereocenters. The van der Waals surface area contributed by atoms with Crippen LogP contribution < -0.4 is 11.1 Å². The van der Waals surface area contributed by atoms with Crippen molar-refractivity contribution < 1.29 is 0 Å². The molecule has 11 heavy (non-hydrogen) atoms. The summed E-state index contributed by atoms with van der Waals surface area (Å²) in [5.74, 6) is 0. The van der Waals surface area contributed by atoms with Crippen LogP contribution in [0.25, 0.3) is 0 Å². The molecule has 0 unspecified atom stereocenters. The molecule has 0 heterocycles. The second-order valence-corrected chi connectivity index (χ2v) is 2.41. The maximum atomic E-state index is 6.91. The zero-order valence-corrected chi connectivity index (χ0v) is 6.51. The normalized spacial score (nSPS) is 9.91. The van der Waals surface area contributed by atoms with Gasteiger partial charge in [0.25, 0.3) is 0 Å². The van der Waals surface area contributed by atoms with Crippen LogP contribution >= 0.6 is 0 Å². The van der Waals surface area contributed by atoms with E-state index in [1.165, 1.54) is 5.56 Å². The molecule has 0 aliphatic heterocycles. The molecule has 0 aliphatic rings. The molecule has 0 spiro atoms. The fraction of sp³-hybridized carbons (Fsp3) is 0.333. The summed E-state index contributed by atoms with van der Waals surface area (Å²) in [6.07, 6.45) is 0. The molecule has 0 bridgehead atoms. The molecule has 2 N–H and O–H groups in total. The minimum Gasteiger partial charge on any atom is -0.311 e. The Kier molecular flexibility index (Phi) is 3.65. The predicted molar refractivity (Wildman–Crippen MR) is 46.1 cm³/mol. The van der Waals surface area contributed by atoms with Gasteiger partial charge < -0.3 is 5.32 Å². The Hall–Kier alpha value is -0.860. The van der Waals surface area contributed by atoms with Gasteiger partial charge >= 0.3 is 0 Å². The average molecular weight is 149 g/mol. The monoisotopic (exact) mass is 149 g/mol. The Morgan fingerprint density at radius 1 is 1.18 bits per heavy atom. The third-order valence-electron chi connectivity index (χ3n) is 1.47. The van der Waals surface area contributed by atoms with Crippen molar-refractivity contribution in [2.45, 2.75) is 6.54 Å². The van der Waals surface area contributed by atoms with Gasteiger partial charge in [-0.15, -0.1) is 0 Å². The molecule has 2 heteroatoms. The van der Waals surface area contributed by atoms with Crippen molar-refractivity contribution in [1.82, 2.24) is 11.1 Å². The quantitative estimate of drug-likeness (QED) is 0.638. The lowest BCUT2D eigenvalue weighted by Gasteiger charge is -2.01. The lowest BCUT2D eigenvalue weighted by Crippen LogP contribution is -2.17. The predicted octanol–water partition coefficient (Wildman–Crippen LogP) is 1.06. The second kappa shape index (κ2) is 4.88. The summed E-state index contributed by atoms with van der Waals surface area (Å²) in [7, 11) is 0.